The molecule has 0 bridgehead atoms. The van der Waals surface area contributed by atoms with Crippen LogP contribution in [0, 0.1) is 0 Å². The Morgan fingerprint density at radius 1 is 1.37 bits per heavy atom. The number of nitrogens with zero attached hydrogens (tertiary/aromatic N) is 2. The Balaban J connectivity index is 0.00000180. The maximum Gasteiger partial charge on any atom is 0.194 e. The number of halogens is 1. The topological polar surface area (TPSA) is 36.9 Å². The van der Waals surface area contributed by atoms with Crippen molar-refractivity contribution in [3.05, 3.63) is 29.8 Å². The van der Waals surface area contributed by atoms with Crippen molar-refractivity contribution in [2.75, 3.05) is 20.1 Å². The van der Waals surface area contributed by atoms with E-state index in [0.29, 0.717) is 0 Å². The lowest BCUT2D eigenvalue weighted by atomic mass is 10.2. The lowest BCUT2D eigenvalue weighted by molar-refractivity contribution is 0.239. The maximum absolute atomic E-state index is 5.79. The molecule has 1 aromatic rings. The van der Waals surface area contributed by atoms with Gasteiger partial charge in [-0.25, -0.2) is 0 Å². The summed E-state index contributed by atoms with van der Waals surface area (Å²) in [4.78, 5) is 6.54. The Labute approximate surface area is 132 Å². The minimum atomic E-state index is 0. The zero-order chi connectivity index (χ0) is 13.0. The van der Waals surface area contributed by atoms with Crippen LogP contribution in [0.3, 0.4) is 0 Å². The molecule has 2 rings (SSSR count). The predicted molar refractivity (Wildman–Crippen MR) is 89.4 cm³/mol. The highest BCUT2D eigenvalue weighted by molar-refractivity contribution is 14.0. The second-order valence-corrected chi connectivity index (χ2v) is 4.75. The van der Waals surface area contributed by atoms with Gasteiger partial charge in [-0.2, -0.15) is 0 Å². The first-order chi connectivity index (χ1) is 8.66. The summed E-state index contributed by atoms with van der Waals surface area (Å²) in [5, 5.41) is 3.36. The third kappa shape index (κ3) is 4.56. The molecule has 106 valence electrons. The quantitative estimate of drug-likeness (QED) is 0.822. The molecule has 0 amide bonds. The van der Waals surface area contributed by atoms with E-state index in [2.05, 4.69) is 28.3 Å². The third-order valence-corrected chi connectivity index (χ3v) is 2.83. The molecule has 0 atom stereocenters. The van der Waals surface area contributed by atoms with Crippen molar-refractivity contribution >= 4 is 29.9 Å². The highest BCUT2D eigenvalue weighted by Gasteiger charge is 2.12. The van der Waals surface area contributed by atoms with Crippen LogP contribution in [0.2, 0.25) is 0 Å². The number of likely N-dealkylation sites (N-methyl/N-ethyl adjacent to an activating group) is 1. The first-order valence-electron chi connectivity index (χ1n) is 6.41. The fraction of sp³-hybridized carbons (Fsp3) is 0.500. The van der Waals surface area contributed by atoms with Gasteiger partial charge < -0.3 is 15.0 Å². The molecule has 0 unspecified atom stereocenters. The lowest BCUT2D eigenvalue weighted by Crippen LogP contribution is -2.35. The van der Waals surface area contributed by atoms with Gasteiger partial charge in [-0.15, -0.1) is 24.0 Å². The highest BCUT2D eigenvalue weighted by Crippen LogP contribution is 2.19. The summed E-state index contributed by atoms with van der Waals surface area (Å²) in [7, 11) is 2.05. The molecule has 1 aliphatic rings. The number of guanidine groups is 1. The van der Waals surface area contributed by atoms with Crippen molar-refractivity contribution in [3.8, 4) is 5.75 Å². The Bertz CT molecular complexity index is 434. The van der Waals surface area contributed by atoms with E-state index in [1.165, 1.54) is 0 Å². The molecule has 19 heavy (non-hydrogen) atoms. The van der Waals surface area contributed by atoms with Crippen LogP contribution in [0.5, 0.6) is 5.75 Å². The van der Waals surface area contributed by atoms with Gasteiger partial charge in [0.15, 0.2) is 5.96 Å². The van der Waals surface area contributed by atoms with Gasteiger partial charge in [-0.3, -0.25) is 4.99 Å². The number of para-hydroxylation sites is 1. The lowest BCUT2D eigenvalue weighted by Gasteiger charge is -2.18. The Morgan fingerprint density at radius 2 is 2.11 bits per heavy atom. The predicted octanol–water partition coefficient (Wildman–Crippen LogP) is 2.48. The number of ether oxygens (including phenoxy) is 1. The summed E-state index contributed by atoms with van der Waals surface area (Å²) in [5.74, 6) is 1.91. The number of nitrogens with one attached hydrogen (secondary N) is 1. The van der Waals surface area contributed by atoms with Gasteiger partial charge >= 0.3 is 0 Å². The summed E-state index contributed by atoms with van der Waals surface area (Å²) in [6, 6.07) is 8.13. The number of aliphatic imine (C=N–C) groups is 1. The molecule has 4 nitrogen and oxygen atoms in total. The van der Waals surface area contributed by atoms with E-state index in [9.17, 15) is 0 Å². The Morgan fingerprint density at radius 3 is 2.74 bits per heavy atom. The van der Waals surface area contributed by atoms with Crippen molar-refractivity contribution in [2.45, 2.75) is 26.5 Å². The average molecular weight is 375 g/mol. The van der Waals surface area contributed by atoms with Crippen LogP contribution < -0.4 is 10.1 Å². The molecule has 5 heteroatoms. The smallest absolute Gasteiger partial charge is 0.194 e. The molecule has 1 heterocycles. The largest absolute Gasteiger partial charge is 0.491 e. The summed E-state index contributed by atoms with van der Waals surface area (Å²) >= 11 is 0. The van der Waals surface area contributed by atoms with E-state index in [1.807, 2.05) is 32.0 Å². The van der Waals surface area contributed by atoms with Gasteiger partial charge in [0, 0.05) is 25.7 Å². The maximum atomic E-state index is 5.79. The van der Waals surface area contributed by atoms with Gasteiger partial charge in [0.2, 0.25) is 0 Å². The first-order valence-corrected chi connectivity index (χ1v) is 6.41. The molecule has 0 fully saturated rings. The van der Waals surface area contributed by atoms with Gasteiger partial charge in [-0.05, 0) is 19.9 Å². The molecule has 1 aliphatic heterocycles. The minimum absolute atomic E-state index is 0. The van der Waals surface area contributed by atoms with E-state index in [4.69, 9.17) is 4.74 Å². The number of hydrogen-bond donors (Lipinski definition) is 1. The highest BCUT2D eigenvalue weighted by atomic mass is 127. The molecular weight excluding hydrogens is 353 g/mol. The fourth-order valence-corrected chi connectivity index (χ4v) is 1.92. The summed E-state index contributed by atoms with van der Waals surface area (Å²) in [6.07, 6.45) is 0.192. The van der Waals surface area contributed by atoms with Gasteiger partial charge in [0.1, 0.15) is 5.75 Å². The number of rotatable bonds is 4. The van der Waals surface area contributed by atoms with E-state index in [1.54, 1.807) is 0 Å². The summed E-state index contributed by atoms with van der Waals surface area (Å²) in [6.45, 7) is 6.69. The van der Waals surface area contributed by atoms with E-state index < -0.39 is 0 Å². The Hall–Kier alpha value is -0.980. The van der Waals surface area contributed by atoms with Crippen LogP contribution >= 0.6 is 24.0 Å². The third-order valence-electron chi connectivity index (χ3n) is 2.83. The van der Waals surface area contributed by atoms with Crippen molar-refractivity contribution in [1.82, 2.24) is 10.2 Å². The summed E-state index contributed by atoms with van der Waals surface area (Å²) < 4.78 is 5.79. The summed E-state index contributed by atoms with van der Waals surface area (Å²) in [5.41, 5.74) is 1.16. The monoisotopic (exact) mass is 375 g/mol. The van der Waals surface area contributed by atoms with Crippen molar-refractivity contribution in [3.63, 3.8) is 0 Å². The van der Waals surface area contributed by atoms with E-state index >= 15 is 0 Å². The van der Waals surface area contributed by atoms with E-state index in [0.717, 1.165) is 36.9 Å². The van der Waals surface area contributed by atoms with Crippen molar-refractivity contribution in [1.29, 1.82) is 0 Å². The normalized spacial score (nSPS) is 14.1. The zero-order valence-corrected chi connectivity index (χ0v) is 14.0. The number of hydrogen-bond acceptors (Lipinski definition) is 4. The van der Waals surface area contributed by atoms with Crippen LogP contribution in [0.25, 0.3) is 0 Å². The zero-order valence-electron chi connectivity index (χ0n) is 11.7. The van der Waals surface area contributed by atoms with E-state index in [-0.39, 0.29) is 30.1 Å². The molecule has 0 aromatic heterocycles. The standard InChI is InChI=1S/C14H21N3O.HI/c1-11(2)18-13-7-5-4-6-12(13)10-16-14-15-8-9-17(14)3;/h4-7,11H,8-10H2,1-3H3,(H,15,16);1H. The van der Waals surface area contributed by atoms with Crippen molar-refractivity contribution < 1.29 is 4.74 Å². The van der Waals surface area contributed by atoms with Crippen LogP contribution in [0.4, 0.5) is 0 Å². The van der Waals surface area contributed by atoms with Crippen LogP contribution in [-0.2, 0) is 6.54 Å². The molecule has 1 N–H and O–H groups in total. The molecule has 1 aromatic carbocycles. The van der Waals surface area contributed by atoms with Crippen LogP contribution in [0.1, 0.15) is 19.4 Å². The van der Waals surface area contributed by atoms with Crippen LogP contribution in [0.15, 0.2) is 29.3 Å². The average Bonchev–Trinajstić information content (AvgIpc) is 2.73. The SMILES string of the molecule is CC(C)Oc1ccccc1CNC1=NCCN1C.I. The molecule has 0 saturated heterocycles. The molecule has 0 radical (unpaired) electrons. The molecule has 0 aliphatic carbocycles. The number of benzene rings is 1. The fourth-order valence-electron chi connectivity index (χ4n) is 1.92. The van der Waals surface area contributed by atoms with Gasteiger partial charge in [-0.1, -0.05) is 18.2 Å². The van der Waals surface area contributed by atoms with Crippen LogP contribution in [-0.4, -0.2) is 37.1 Å². The van der Waals surface area contributed by atoms with Gasteiger partial charge in [0.25, 0.3) is 0 Å². The molecular formula is C14H22IN3O. The van der Waals surface area contributed by atoms with Crippen molar-refractivity contribution in [2.24, 2.45) is 4.99 Å². The first kappa shape index (κ1) is 16.1. The Kier molecular flexibility index (Phi) is 6.41. The molecule has 0 spiro atoms. The second kappa shape index (κ2) is 7.57. The molecule has 0 saturated carbocycles. The minimum Gasteiger partial charge on any atom is -0.491 e. The van der Waals surface area contributed by atoms with Gasteiger partial charge in [0.05, 0.1) is 12.6 Å². The second-order valence-electron chi connectivity index (χ2n) is 4.75.